The van der Waals surface area contributed by atoms with Crippen LogP contribution in [-0.2, 0) is 0 Å². The van der Waals surface area contributed by atoms with Crippen LogP contribution in [0.2, 0.25) is 0 Å². The van der Waals surface area contributed by atoms with E-state index < -0.39 is 0 Å². The Bertz CT molecular complexity index is 552. The SMILES string of the molecule is C=N/C=C\C(=C/C)c1ccc(N2CCCC2)c(C=O)c1. The summed E-state index contributed by atoms with van der Waals surface area (Å²) in [4.78, 5) is 17.4. The summed E-state index contributed by atoms with van der Waals surface area (Å²) in [7, 11) is 0. The van der Waals surface area contributed by atoms with Crippen LogP contribution in [0.5, 0.6) is 0 Å². The van der Waals surface area contributed by atoms with Crippen molar-refractivity contribution in [2.75, 3.05) is 18.0 Å². The fraction of sp³-hybridized carbons (Fsp3) is 0.294. The summed E-state index contributed by atoms with van der Waals surface area (Å²) in [5.41, 5.74) is 3.86. The van der Waals surface area contributed by atoms with Crippen LogP contribution in [0.1, 0.15) is 35.7 Å². The van der Waals surface area contributed by atoms with Gasteiger partial charge in [0.25, 0.3) is 0 Å². The van der Waals surface area contributed by atoms with Crippen LogP contribution < -0.4 is 4.90 Å². The summed E-state index contributed by atoms with van der Waals surface area (Å²) in [6, 6.07) is 6.05. The van der Waals surface area contributed by atoms with Crippen molar-refractivity contribution in [1.29, 1.82) is 0 Å². The number of allylic oxidation sites excluding steroid dienone is 3. The second-order valence-electron chi connectivity index (χ2n) is 4.83. The van der Waals surface area contributed by atoms with Gasteiger partial charge in [-0.3, -0.25) is 9.79 Å². The summed E-state index contributed by atoms with van der Waals surface area (Å²) in [5.74, 6) is 0. The Morgan fingerprint density at radius 1 is 1.35 bits per heavy atom. The van der Waals surface area contributed by atoms with Gasteiger partial charge < -0.3 is 4.90 Å². The van der Waals surface area contributed by atoms with Crippen LogP contribution >= 0.6 is 0 Å². The molecule has 1 heterocycles. The second kappa shape index (κ2) is 6.85. The number of aliphatic imine (C=N–C) groups is 1. The average molecular weight is 268 g/mol. The normalized spacial score (nSPS) is 15.8. The maximum Gasteiger partial charge on any atom is 0.152 e. The number of benzene rings is 1. The number of hydrogen-bond donors (Lipinski definition) is 0. The predicted octanol–water partition coefficient (Wildman–Crippen LogP) is 3.72. The third kappa shape index (κ3) is 3.05. The maximum absolute atomic E-state index is 11.4. The molecule has 0 spiro atoms. The molecule has 3 nitrogen and oxygen atoms in total. The molecule has 1 fully saturated rings. The van der Waals surface area contributed by atoms with Gasteiger partial charge >= 0.3 is 0 Å². The highest BCUT2D eigenvalue weighted by Crippen LogP contribution is 2.27. The zero-order valence-corrected chi connectivity index (χ0v) is 11.9. The van der Waals surface area contributed by atoms with Gasteiger partial charge in [-0.05, 0) is 55.8 Å². The highest BCUT2D eigenvalue weighted by molar-refractivity contribution is 5.88. The molecule has 104 valence electrons. The zero-order chi connectivity index (χ0) is 14.4. The van der Waals surface area contributed by atoms with Crippen LogP contribution in [0.3, 0.4) is 0 Å². The van der Waals surface area contributed by atoms with Crippen LogP contribution in [0.25, 0.3) is 5.57 Å². The van der Waals surface area contributed by atoms with Crippen molar-refractivity contribution in [3.8, 4) is 0 Å². The Labute approximate surface area is 120 Å². The zero-order valence-electron chi connectivity index (χ0n) is 11.9. The van der Waals surface area contributed by atoms with Crippen molar-refractivity contribution in [1.82, 2.24) is 0 Å². The van der Waals surface area contributed by atoms with Crippen LogP contribution in [-0.4, -0.2) is 26.1 Å². The van der Waals surface area contributed by atoms with Gasteiger partial charge in [0, 0.05) is 30.5 Å². The van der Waals surface area contributed by atoms with E-state index in [4.69, 9.17) is 0 Å². The van der Waals surface area contributed by atoms with Gasteiger partial charge in [-0.15, -0.1) is 0 Å². The lowest BCUT2D eigenvalue weighted by molar-refractivity contribution is 0.112. The fourth-order valence-corrected chi connectivity index (χ4v) is 2.57. The summed E-state index contributed by atoms with van der Waals surface area (Å²) in [6.07, 6.45) is 8.90. The van der Waals surface area contributed by atoms with E-state index in [1.54, 1.807) is 6.20 Å². The van der Waals surface area contributed by atoms with Crippen molar-refractivity contribution in [3.05, 3.63) is 47.7 Å². The molecule has 20 heavy (non-hydrogen) atoms. The van der Waals surface area contributed by atoms with Crippen LogP contribution in [0, 0.1) is 0 Å². The van der Waals surface area contributed by atoms with E-state index in [9.17, 15) is 4.79 Å². The smallest absolute Gasteiger partial charge is 0.152 e. The Hall–Kier alpha value is -2.16. The molecule has 1 aromatic carbocycles. The molecule has 0 aromatic heterocycles. The molecule has 0 N–H and O–H groups in total. The summed E-state index contributed by atoms with van der Waals surface area (Å²) in [6.45, 7) is 7.48. The molecule has 2 rings (SSSR count). The molecule has 0 saturated carbocycles. The molecule has 1 aliphatic rings. The van der Waals surface area contributed by atoms with Crippen molar-refractivity contribution in [2.24, 2.45) is 4.99 Å². The van der Waals surface area contributed by atoms with Crippen LogP contribution in [0.15, 0.2) is 41.5 Å². The number of aldehydes is 1. The van der Waals surface area contributed by atoms with E-state index >= 15 is 0 Å². The second-order valence-corrected chi connectivity index (χ2v) is 4.83. The number of hydrogen-bond acceptors (Lipinski definition) is 3. The quantitative estimate of drug-likeness (QED) is 0.463. The summed E-state index contributed by atoms with van der Waals surface area (Å²) in [5, 5.41) is 0. The number of nitrogens with zero attached hydrogens (tertiary/aromatic N) is 2. The lowest BCUT2D eigenvalue weighted by atomic mass is 10.0. The summed E-state index contributed by atoms with van der Waals surface area (Å²) >= 11 is 0. The molecule has 0 unspecified atom stereocenters. The van der Waals surface area contributed by atoms with E-state index in [2.05, 4.69) is 22.7 Å². The minimum atomic E-state index is 0.753. The van der Waals surface area contributed by atoms with E-state index in [0.717, 1.165) is 41.8 Å². The van der Waals surface area contributed by atoms with Crippen molar-refractivity contribution < 1.29 is 4.79 Å². The van der Waals surface area contributed by atoms with Gasteiger partial charge in [-0.25, -0.2) is 0 Å². The molecule has 0 radical (unpaired) electrons. The fourth-order valence-electron chi connectivity index (χ4n) is 2.57. The molecule has 1 aromatic rings. The van der Waals surface area contributed by atoms with Gasteiger partial charge in [0.05, 0.1) is 0 Å². The first-order valence-corrected chi connectivity index (χ1v) is 6.93. The minimum absolute atomic E-state index is 0.753. The Kier molecular flexibility index (Phi) is 4.88. The molecule has 0 atom stereocenters. The Morgan fingerprint density at radius 3 is 2.70 bits per heavy atom. The van der Waals surface area contributed by atoms with E-state index in [1.807, 2.05) is 31.2 Å². The molecular weight excluding hydrogens is 248 g/mol. The molecule has 0 aliphatic carbocycles. The van der Waals surface area contributed by atoms with Gasteiger partial charge in [0.2, 0.25) is 0 Å². The lowest BCUT2D eigenvalue weighted by Crippen LogP contribution is -2.19. The minimum Gasteiger partial charge on any atom is -0.371 e. The highest BCUT2D eigenvalue weighted by atomic mass is 16.1. The monoisotopic (exact) mass is 268 g/mol. The number of rotatable bonds is 5. The number of anilines is 1. The first-order valence-electron chi connectivity index (χ1n) is 6.93. The highest BCUT2D eigenvalue weighted by Gasteiger charge is 2.16. The van der Waals surface area contributed by atoms with Gasteiger partial charge in [-0.2, -0.15) is 0 Å². The third-order valence-corrected chi connectivity index (χ3v) is 3.61. The average Bonchev–Trinajstić information content (AvgIpc) is 3.02. The molecule has 3 heteroatoms. The predicted molar refractivity (Wildman–Crippen MR) is 85.6 cm³/mol. The molecule has 1 aliphatic heterocycles. The summed E-state index contributed by atoms with van der Waals surface area (Å²) < 4.78 is 0. The van der Waals surface area contributed by atoms with Crippen molar-refractivity contribution in [3.63, 3.8) is 0 Å². The number of carbonyl (C=O) groups excluding carboxylic acids is 1. The molecule has 1 saturated heterocycles. The molecular formula is C17H20N2O. The number of carbonyl (C=O) groups is 1. The van der Waals surface area contributed by atoms with Gasteiger partial charge in [-0.1, -0.05) is 12.1 Å². The molecule has 0 bridgehead atoms. The van der Waals surface area contributed by atoms with Gasteiger partial charge in [0.1, 0.15) is 0 Å². The van der Waals surface area contributed by atoms with Gasteiger partial charge in [0.15, 0.2) is 6.29 Å². The van der Waals surface area contributed by atoms with Crippen molar-refractivity contribution in [2.45, 2.75) is 19.8 Å². The van der Waals surface area contributed by atoms with E-state index in [1.165, 1.54) is 12.8 Å². The standard InChI is InChI=1S/C17H20N2O/c1-3-14(8-9-18-2)15-6-7-17(16(12-15)13-20)19-10-4-5-11-19/h3,6-9,12-13H,2,4-5,10-11H2,1H3/b9-8-,14-3+. The largest absolute Gasteiger partial charge is 0.371 e. The Morgan fingerprint density at radius 2 is 2.10 bits per heavy atom. The topological polar surface area (TPSA) is 32.7 Å². The molecule has 0 amide bonds. The first-order chi connectivity index (χ1) is 9.80. The van der Waals surface area contributed by atoms with Crippen LogP contribution in [0.4, 0.5) is 5.69 Å². The maximum atomic E-state index is 11.4. The first kappa shape index (κ1) is 14.3. The van der Waals surface area contributed by atoms with E-state index in [0.29, 0.717) is 0 Å². The third-order valence-electron chi connectivity index (χ3n) is 3.61. The van der Waals surface area contributed by atoms with Crippen molar-refractivity contribution >= 4 is 24.3 Å². The lowest BCUT2D eigenvalue weighted by Gasteiger charge is -2.20. The van der Waals surface area contributed by atoms with E-state index in [-0.39, 0.29) is 0 Å². The Balaban J connectivity index is 2.35.